The van der Waals surface area contributed by atoms with Crippen molar-refractivity contribution in [3.8, 4) is 0 Å². The minimum absolute atomic E-state index is 0.110. The zero-order chi connectivity index (χ0) is 9.68. The molecule has 0 aliphatic carbocycles. The van der Waals surface area contributed by atoms with Gasteiger partial charge in [-0.15, -0.1) is 0 Å². The predicted molar refractivity (Wildman–Crippen MR) is 54.8 cm³/mol. The number of carbonyl (C=O) groups excluding carboxylic acids is 1. The van der Waals surface area contributed by atoms with E-state index < -0.39 is 0 Å². The Morgan fingerprint density at radius 1 is 1.69 bits per heavy atom. The number of hydrogen-bond acceptors (Lipinski definition) is 3. The number of amides is 1. The van der Waals surface area contributed by atoms with Crippen molar-refractivity contribution >= 4 is 17.7 Å². The molecular formula is C9H17NO2S. The van der Waals surface area contributed by atoms with Crippen molar-refractivity contribution in [2.75, 3.05) is 25.2 Å². The lowest BCUT2D eigenvalue weighted by Crippen LogP contribution is -2.36. The Balaban J connectivity index is 2.28. The second-order valence-corrected chi connectivity index (χ2v) is 4.50. The summed E-state index contributed by atoms with van der Waals surface area (Å²) in [6.45, 7) is 0.110. The molecule has 1 aliphatic rings. The van der Waals surface area contributed by atoms with Gasteiger partial charge in [0.2, 0.25) is 5.91 Å². The van der Waals surface area contributed by atoms with Crippen LogP contribution in [0.5, 0.6) is 0 Å². The molecule has 76 valence electrons. The second kappa shape index (κ2) is 5.50. The molecule has 1 N–H and O–H groups in total. The molecule has 1 saturated heterocycles. The van der Waals surface area contributed by atoms with Crippen LogP contribution in [0.1, 0.15) is 19.3 Å². The lowest BCUT2D eigenvalue weighted by atomic mass is 10.2. The topological polar surface area (TPSA) is 40.5 Å². The molecule has 13 heavy (non-hydrogen) atoms. The van der Waals surface area contributed by atoms with E-state index in [1.54, 1.807) is 0 Å². The predicted octanol–water partition coefficient (Wildman–Crippen LogP) is 0.723. The molecule has 1 unspecified atom stereocenters. The van der Waals surface area contributed by atoms with Crippen LogP contribution in [-0.2, 0) is 4.79 Å². The first kappa shape index (κ1) is 10.9. The normalized spacial score (nSPS) is 21.8. The highest BCUT2D eigenvalue weighted by Crippen LogP contribution is 2.21. The molecule has 4 heteroatoms. The first-order valence-corrected chi connectivity index (χ1v) is 5.85. The monoisotopic (exact) mass is 203 g/mol. The Kier molecular flexibility index (Phi) is 4.59. The maximum Gasteiger partial charge on any atom is 0.222 e. The SMILES string of the molecule is CN(C(=O)CCCO)C1CCSC1. The maximum atomic E-state index is 11.5. The molecule has 0 aromatic carbocycles. The molecular weight excluding hydrogens is 186 g/mol. The highest BCUT2D eigenvalue weighted by atomic mass is 32.2. The van der Waals surface area contributed by atoms with Gasteiger partial charge in [-0.2, -0.15) is 11.8 Å². The fraction of sp³-hybridized carbons (Fsp3) is 0.889. The number of thioether (sulfide) groups is 1. The second-order valence-electron chi connectivity index (χ2n) is 3.35. The fourth-order valence-electron chi connectivity index (χ4n) is 1.44. The number of nitrogens with zero attached hydrogens (tertiary/aromatic N) is 1. The van der Waals surface area contributed by atoms with Crippen LogP contribution in [0.3, 0.4) is 0 Å². The standard InChI is InChI=1S/C9H17NO2S/c1-10(8-4-6-13-7-8)9(12)3-2-5-11/h8,11H,2-7H2,1H3. The van der Waals surface area contributed by atoms with Gasteiger partial charge in [-0.05, 0) is 18.6 Å². The summed E-state index contributed by atoms with van der Waals surface area (Å²) in [7, 11) is 1.87. The lowest BCUT2D eigenvalue weighted by molar-refractivity contribution is -0.131. The molecule has 0 aromatic heterocycles. The van der Waals surface area contributed by atoms with Gasteiger partial charge in [0.25, 0.3) is 0 Å². The summed E-state index contributed by atoms with van der Waals surface area (Å²) in [5.74, 6) is 2.41. The smallest absolute Gasteiger partial charge is 0.222 e. The van der Waals surface area contributed by atoms with Gasteiger partial charge in [0.15, 0.2) is 0 Å². The summed E-state index contributed by atoms with van der Waals surface area (Å²) in [4.78, 5) is 13.3. The van der Waals surface area contributed by atoms with Gasteiger partial charge >= 0.3 is 0 Å². The van der Waals surface area contributed by atoms with Crippen molar-refractivity contribution < 1.29 is 9.90 Å². The van der Waals surface area contributed by atoms with Crippen LogP contribution in [-0.4, -0.2) is 47.1 Å². The van der Waals surface area contributed by atoms with Crippen molar-refractivity contribution in [1.29, 1.82) is 0 Å². The van der Waals surface area contributed by atoms with Gasteiger partial charge in [-0.1, -0.05) is 0 Å². The Hall–Kier alpha value is -0.220. The van der Waals surface area contributed by atoms with Crippen LogP contribution >= 0.6 is 11.8 Å². The Bertz CT molecular complexity index is 169. The zero-order valence-electron chi connectivity index (χ0n) is 8.03. The molecule has 1 heterocycles. The summed E-state index contributed by atoms with van der Waals surface area (Å²) in [5, 5.41) is 8.59. The van der Waals surface area contributed by atoms with Crippen molar-refractivity contribution in [3.63, 3.8) is 0 Å². The van der Waals surface area contributed by atoms with E-state index in [2.05, 4.69) is 0 Å². The maximum absolute atomic E-state index is 11.5. The first-order chi connectivity index (χ1) is 6.25. The van der Waals surface area contributed by atoms with Crippen LogP contribution in [0.4, 0.5) is 0 Å². The van der Waals surface area contributed by atoms with Gasteiger partial charge in [0.1, 0.15) is 0 Å². The average molecular weight is 203 g/mol. The van der Waals surface area contributed by atoms with E-state index in [0.717, 1.165) is 12.2 Å². The molecule has 0 radical (unpaired) electrons. The summed E-state index contributed by atoms with van der Waals surface area (Å²) < 4.78 is 0. The molecule has 1 rings (SSSR count). The van der Waals surface area contributed by atoms with Crippen LogP contribution in [0, 0.1) is 0 Å². The molecule has 0 saturated carbocycles. The third-order valence-corrected chi connectivity index (χ3v) is 3.54. The summed E-state index contributed by atoms with van der Waals surface area (Å²) >= 11 is 1.91. The molecule has 3 nitrogen and oxygen atoms in total. The van der Waals surface area contributed by atoms with E-state index in [9.17, 15) is 4.79 Å². The molecule has 1 amide bonds. The first-order valence-electron chi connectivity index (χ1n) is 4.70. The quantitative estimate of drug-likeness (QED) is 0.732. The number of rotatable bonds is 4. The van der Waals surface area contributed by atoms with Crippen LogP contribution in [0.2, 0.25) is 0 Å². The van der Waals surface area contributed by atoms with E-state index in [-0.39, 0.29) is 12.5 Å². The fourth-order valence-corrected chi connectivity index (χ4v) is 2.71. The minimum Gasteiger partial charge on any atom is -0.396 e. The summed E-state index contributed by atoms with van der Waals surface area (Å²) in [6, 6.07) is 0.427. The molecule has 0 spiro atoms. The lowest BCUT2D eigenvalue weighted by Gasteiger charge is -2.23. The highest BCUT2D eigenvalue weighted by molar-refractivity contribution is 7.99. The van der Waals surface area contributed by atoms with E-state index in [4.69, 9.17) is 5.11 Å². The highest BCUT2D eigenvalue weighted by Gasteiger charge is 2.22. The Labute approximate surface area is 83.5 Å². The zero-order valence-corrected chi connectivity index (χ0v) is 8.85. The summed E-state index contributed by atoms with van der Waals surface area (Å²) in [6.07, 6.45) is 2.18. The van der Waals surface area contributed by atoms with Crippen LogP contribution < -0.4 is 0 Å². The van der Waals surface area contributed by atoms with Crippen molar-refractivity contribution in [1.82, 2.24) is 4.90 Å². The van der Waals surface area contributed by atoms with Gasteiger partial charge < -0.3 is 10.0 Å². The van der Waals surface area contributed by atoms with E-state index >= 15 is 0 Å². The van der Waals surface area contributed by atoms with Crippen LogP contribution in [0.15, 0.2) is 0 Å². The molecule has 0 bridgehead atoms. The van der Waals surface area contributed by atoms with Gasteiger partial charge in [0.05, 0.1) is 0 Å². The van der Waals surface area contributed by atoms with Crippen molar-refractivity contribution in [2.24, 2.45) is 0 Å². The molecule has 1 atom stereocenters. The molecule has 1 fully saturated rings. The number of aliphatic hydroxyl groups excluding tert-OH is 1. The number of hydrogen-bond donors (Lipinski definition) is 1. The third kappa shape index (κ3) is 3.19. The largest absolute Gasteiger partial charge is 0.396 e. The van der Waals surface area contributed by atoms with Crippen LogP contribution in [0.25, 0.3) is 0 Å². The number of aliphatic hydroxyl groups is 1. The van der Waals surface area contributed by atoms with Crippen molar-refractivity contribution in [2.45, 2.75) is 25.3 Å². The van der Waals surface area contributed by atoms with Gasteiger partial charge in [-0.3, -0.25) is 4.79 Å². The van der Waals surface area contributed by atoms with E-state index in [1.165, 1.54) is 5.75 Å². The van der Waals surface area contributed by atoms with Crippen molar-refractivity contribution in [3.05, 3.63) is 0 Å². The van der Waals surface area contributed by atoms with E-state index in [0.29, 0.717) is 18.9 Å². The van der Waals surface area contributed by atoms with Gasteiger partial charge in [0, 0.05) is 31.9 Å². The minimum atomic E-state index is 0.110. The van der Waals surface area contributed by atoms with Gasteiger partial charge in [-0.25, -0.2) is 0 Å². The molecule has 0 aromatic rings. The third-order valence-electron chi connectivity index (χ3n) is 2.40. The summed E-state index contributed by atoms with van der Waals surface area (Å²) in [5.41, 5.74) is 0. The average Bonchev–Trinajstić information content (AvgIpc) is 2.65. The Morgan fingerprint density at radius 2 is 2.46 bits per heavy atom. The van der Waals surface area contributed by atoms with E-state index in [1.807, 2.05) is 23.7 Å². The molecule has 1 aliphatic heterocycles. The number of carbonyl (C=O) groups is 1. The Morgan fingerprint density at radius 3 is 3.00 bits per heavy atom.